The summed E-state index contributed by atoms with van der Waals surface area (Å²) >= 11 is 0. The largest absolute Gasteiger partial charge is 0.393 e. The molecular weight excluding hydrogens is 264 g/mol. The number of aliphatic hydroxyl groups excluding tert-OH is 1. The van der Waals surface area contributed by atoms with Crippen LogP contribution in [0, 0.1) is 0 Å². The lowest BCUT2D eigenvalue weighted by atomic mass is 9.93. The Morgan fingerprint density at radius 1 is 1.19 bits per heavy atom. The number of hydrogen-bond acceptors (Lipinski definition) is 2. The van der Waals surface area contributed by atoms with Gasteiger partial charge in [-0.15, -0.1) is 0 Å². The fourth-order valence-electron chi connectivity index (χ4n) is 2.83. The number of aliphatic hydroxyl groups is 1. The van der Waals surface area contributed by atoms with Crippen molar-refractivity contribution in [3.8, 4) is 0 Å². The molecule has 116 valence electrons. The van der Waals surface area contributed by atoms with Crippen LogP contribution in [0.4, 0.5) is 10.5 Å². The third-order valence-corrected chi connectivity index (χ3v) is 4.24. The van der Waals surface area contributed by atoms with Crippen molar-refractivity contribution in [2.75, 3.05) is 5.32 Å². The van der Waals surface area contributed by atoms with Gasteiger partial charge in [0.1, 0.15) is 0 Å². The quantitative estimate of drug-likeness (QED) is 0.797. The Morgan fingerprint density at radius 3 is 2.52 bits per heavy atom. The van der Waals surface area contributed by atoms with E-state index in [-0.39, 0.29) is 18.2 Å². The summed E-state index contributed by atoms with van der Waals surface area (Å²) in [6, 6.07) is 6.30. The first-order chi connectivity index (χ1) is 10.1. The lowest BCUT2D eigenvalue weighted by Crippen LogP contribution is -2.41. The predicted molar refractivity (Wildman–Crippen MR) is 85.6 cm³/mol. The third-order valence-electron chi connectivity index (χ3n) is 4.24. The average molecular weight is 290 g/mol. The van der Waals surface area contributed by atoms with Crippen molar-refractivity contribution < 1.29 is 9.90 Å². The Hall–Kier alpha value is -1.55. The van der Waals surface area contributed by atoms with Crippen molar-refractivity contribution in [3.05, 3.63) is 29.3 Å². The minimum atomic E-state index is -0.195. The van der Waals surface area contributed by atoms with Gasteiger partial charge in [-0.3, -0.25) is 0 Å². The first-order valence-electron chi connectivity index (χ1n) is 7.99. The van der Waals surface area contributed by atoms with E-state index in [1.807, 2.05) is 0 Å². The second kappa shape index (κ2) is 7.46. The van der Waals surface area contributed by atoms with Crippen molar-refractivity contribution >= 4 is 11.7 Å². The molecule has 21 heavy (non-hydrogen) atoms. The number of hydrogen-bond donors (Lipinski definition) is 3. The molecule has 0 bridgehead atoms. The lowest BCUT2D eigenvalue weighted by Gasteiger charge is -2.26. The van der Waals surface area contributed by atoms with Crippen LogP contribution in [0.15, 0.2) is 18.2 Å². The third kappa shape index (κ3) is 4.46. The molecular formula is C17H26N2O2. The smallest absolute Gasteiger partial charge is 0.319 e. The number of amides is 2. The fourth-order valence-corrected chi connectivity index (χ4v) is 2.83. The Bertz CT molecular complexity index is 480. The Kier molecular flexibility index (Phi) is 5.62. The molecule has 2 rings (SSSR count). The first kappa shape index (κ1) is 15.8. The van der Waals surface area contributed by atoms with Gasteiger partial charge < -0.3 is 15.7 Å². The summed E-state index contributed by atoms with van der Waals surface area (Å²) in [5.74, 6) is 0. The van der Waals surface area contributed by atoms with Crippen LogP contribution in [0.3, 0.4) is 0 Å². The molecule has 0 aliphatic heterocycles. The summed E-state index contributed by atoms with van der Waals surface area (Å²) in [7, 11) is 0. The standard InChI is InChI=1S/C17H26N2O2/c1-3-12-5-6-13(4-2)16(11-12)19-17(21)18-14-7-9-15(20)10-8-14/h5-6,11,14-15,20H,3-4,7-10H2,1-2H3,(H2,18,19,21). The highest BCUT2D eigenvalue weighted by Crippen LogP contribution is 2.20. The molecule has 3 N–H and O–H groups in total. The lowest BCUT2D eigenvalue weighted by molar-refractivity contribution is 0.118. The van der Waals surface area contributed by atoms with Crippen LogP contribution in [0.2, 0.25) is 0 Å². The molecule has 4 nitrogen and oxygen atoms in total. The highest BCUT2D eigenvalue weighted by Gasteiger charge is 2.20. The van der Waals surface area contributed by atoms with Gasteiger partial charge in [0.25, 0.3) is 0 Å². The molecule has 0 unspecified atom stereocenters. The molecule has 1 aliphatic rings. The van der Waals surface area contributed by atoms with Gasteiger partial charge >= 0.3 is 6.03 Å². The van der Waals surface area contributed by atoms with E-state index in [4.69, 9.17) is 0 Å². The minimum Gasteiger partial charge on any atom is -0.393 e. The maximum Gasteiger partial charge on any atom is 0.319 e. The minimum absolute atomic E-state index is 0.139. The first-order valence-corrected chi connectivity index (χ1v) is 7.99. The van der Waals surface area contributed by atoms with Gasteiger partial charge in [-0.2, -0.15) is 0 Å². The zero-order valence-corrected chi connectivity index (χ0v) is 13.0. The number of rotatable bonds is 4. The normalized spacial score (nSPS) is 21.9. The van der Waals surface area contributed by atoms with Crippen LogP contribution in [0.25, 0.3) is 0 Å². The molecule has 4 heteroatoms. The van der Waals surface area contributed by atoms with Gasteiger partial charge in [0.2, 0.25) is 0 Å². The van der Waals surface area contributed by atoms with E-state index in [9.17, 15) is 9.90 Å². The number of urea groups is 1. The van der Waals surface area contributed by atoms with E-state index >= 15 is 0 Å². The molecule has 0 spiro atoms. The van der Waals surface area contributed by atoms with Crippen LogP contribution in [0.5, 0.6) is 0 Å². The molecule has 1 fully saturated rings. The van der Waals surface area contributed by atoms with Crippen LogP contribution >= 0.6 is 0 Å². The Balaban J connectivity index is 1.95. The maximum atomic E-state index is 12.1. The molecule has 2 amide bonds. The molecule has 0 atom stereocenters. The van der Waals surface area contributed by atoms with Gasteiger partial charge in [-0.1, -0.05) is 26.0 Å². The SMILES string of the molecule is CCc1ccc(CC)c(NC(=O)NC2CCC(O)CC2)c1. The van der Waals surface area contributed by atoms with Gasteiger partial charge in [0, 0.05) is 11.7 Å². The molecule has 0 saturated heterocycles. The number of nitrogens with one attached hydrogen (secondary N) is 2. The summed E-state index contributed by atoms with van der Waals surface area (Å²) in [6.45, 7) is 4.20. The van der Waals surface area contributed by atoms with Crippen molar-refractivity contribution in [1.82, 2.24) is 5.32 Å². The second-order valence-electron chi connectivity index (χ2n) is 5.80. The highest BCUT2D eigenvalue weighted by molar-refractivity contribution is 5.90. The maximum absolute atomic E-state index is 12.1. The van der Waals surface area contributed by atoms with Crippen molar-refractivity contribution in [3.63, 3.8) is 0 Å². The van der Waals surface area contributed by atoms with Crippen molar-refractivity contribution in [1.29, 1.82) is 0 Å². The van der Waals surface area contributed by atoms with Crippen LogP contribution in [-0.2, 0) is 12.8 Å². The summed E-state index contributed by atoms with van der Waals surface area (Å²) in [5.41, 5.74) is 3.29. The number of anilines is 1. The highest BCUT2D eigenvalue weighted by atomic mass is 16.3. The second-order valence-corrected chi connectivity index (χ2v) is 5.80. The van der Waals surface area contributed by atoms with Crippen LogP contribution < -0.4 is 10.6 Å². The predicted octanol–water partition coefficient (Wildman–Crippen LogP) is 3.24. The summed E-state index contributed by atoms with van der Waals surface area (Å²) in [5, 5.41) is 15.5. The molecule has 1 saturated carbocycles. The summed E-state index contributed by atoms with van der Waals surface area (Å²) in [6.07, 6.45) is 4.91. The van der Waals surface area contributed by atoms with Gasteiger partial charge in [0.15, 0.2) is 0 Å². The Morgan fingerprint density at radius 2 is 1.90 bits per heavy atom. The zero-order chi connectivity index (χ0) is 15.2. The van der Waals surface area contributed by atoms with E-state index in [1.54, 1.807) is 0 Å². The van der Waals surface area contributed by atoms with Crippen LogP contribution in [0.1, 0.15) is 50.7 Å². The average Bonchev–Trinajstić information content (AvgIpc) is 2.49. The molecule has 0 radical (unpaired) electrons. The summed E-state index contributed by atoms with van der Waals surface area (Å²) < 4.78 is 0. The molecule has 0 aromatic heterocycles. The van der Waals surface area contributed by atoms with Gasteiger partial charge in [-0.25, -0.2) is 4.79 Å². The van der Waals surface area contributed by atoms with E-state index in [1.165, 1.54) is 5.56 Å². The van der Waals surface area contributed by atoms with Crippen molar-refractivity contribution in [2.45, 2.75) is 64.5 Å². The number of carbonyl (C=O) groups is 1. The fraction of sp³-hybridized carbons (Fsp3) is 0.588. The van der Waals surface area contributed by atoms with E-state index < -0.39 is 0 Å². The van der Waals surface area contributed by atoms with Crippen LogP contribution in [-0.4, -0.2) is 23.3 Å². The zero-order valence-electron chi connectivity index (χ0n) is 13.0. The molecule has 1 aromatic rings. The molecule has 0 heterocycles. The van der Waals surface area contributed by atoms with Gasteiger partial charge in [0.05, 0.1) is 6.10 Å². The van der Waals surface area contributed by atoms with E-state index in [0.717, 1.165) is 49.8 Å². The summed E-state index contributed by atoms with van der Waals surface area (Å²) in [4.78, 5) is 12.1. The number of benzene rings is 1. The van der Waals surface area contributed by atoms with E-state index in [0.29, 0.717) is 0 Å². The molecule has 1 aliphatic carbocycles. The van der Waals surface area contributed by atoms with E-state index in [2.05, 4.69) is 42.7 Å². The topological polar surface area (TPSA) is 61.4 Å². The Labute approximate surface area is 126 Å². The van der Waals surface area contributed by atoms with Crippen molar-refractivity contribution in [2.24, 2.45) is 0 Å². The number of aryl methyl sites for hydroxylation is 2. The van der Waals surface area contributed by atoms with Gasteiger partial charge in [-0.05, 0) is 55.7 Å². The molecule has 1 aromatic carbocycles. The number of carbonyl (C=O) groups excluding carboxylic acids is 1. The monoisotopic (exact) mass is 290 g/mol.